The Morgan fingerprint density at radius 3 is 2.67 bits per heavy atom. The fraction of sp³-hybridized carbons (Fsp3) is 0.238. The quantitative estimate of drug-likeness (QED) is 0.825. The van der Waals surface area contributed by atoms with Crippen molar-refractivity contribution in [3.05, 3.63) is 53.6 Å². The zero-order chi connectivity index (χ0) is 19.4. The summed E-state index contributed by atoms with van der Waals surface area (Å²) in [6.07, 6.45) is 4.32. The Morgan fingerprint density at radius 2 is 1.93 bits per heavy atom. The molecular formula is C21H22N2O4. The van der Waals surface area contributed by atoms with E-state index in [0.29, 0.717) is 30.0 Å². The molecule has 2 aromatic carbocycles. The highest BCUT2D eigenvalue weighted by Gasteiger charge is 2.20. The average molecular weight is 366 g/mol. The molecule has 3 rings (SSSR count). The average Bonchev–Trinajstić information content (AvgIpc) is 2.69. The van der Waals surface area contributed by atoms with Crippen LogP contribution in [-0.2, 0) is 16.0 Å². The van der Waals surface area contributed by atoms with Crippen molar-refractivity contribution in [1.82, 2.24) is 0 Å². The van der Waals surface area contributed by atoms with E-state index in [1.165, 1.54) is 6.08 Å². The maximum atomic E-state index is 12.3. The molecule has 2 amide bonds. The van der Waals surface area contributed by atoms with Gasteiger partial charge in [0.15, 0.2) is 0 Å². The number of rotatable bonds is 5. The molecule has 0 unspecified atom stereocenters. The van der Waals surface area contributed by atoms with Gasteiger partial charge in [-0.2, -0.15) is 0 Å². The Kier molecular flexibility index (Phi) is 5.45. The summed E-state index contributed by atoms with van der Waals surface area (Å²) in [6, 6.07) is 11.0. The zero-order valence-electron chi connectivity index (χ0n) is 15.6. The summed E-state index contributed by atoms with van der Waals surface area (Å²) in [7, 11) is 4.93. The van der Waals surface area contributed by atoms with Crippen molar-refractivity contribution in [1.29, 1.82) is 0 Å². The van der Waals surface area contributed by atoms with E-state index in [-0.39, 0.29) is 11.8 Å². The topological polar surface area (TPSA) is 67.9 Å². The Bertz CT molecular complexity index is 905. The van der Waals surface area contributed by atoms with Crippen molar-refractivity contribution >= 4 is 29.3 Å². The lowest BCUT2D eigenvalue weighted by atomic mass is 10.0. The minimum Gasteiger partial charge on any atom is -0.497 e. The molecule has 2 aromatic rings. The number of fused-ring (bicyclic) bond motifs is 1. The lowest BCUT2D eigenvalue weighted by Gasteiger charge is -2.26. The molecule has 0 saturated heterocycles. The van der Waals surface area contributed by atoms with Gasteiger partial charge in [0.2, 0.25) is 11.8 Å². The normalized spacial score (nSPS) is 13.4. The first-order valence-corrected chi connectivity index (χ1v) is 8.62. The summed E-state index contributed by atoms with van der Waals surface area (Å²) in [5.41, 5.74) is 3.42. The van der Waals surface area contributed by atoms with Gasteiger partial charge in [0.25, 0.3) is 0 Å². The van der Waals surface area contributed by atoms with Crippen molar-refractivity contribution in [2.24, 2.45) is 0 Å². The van der Waals surface area contributed by atoms with E-state index in [9.17, 15) is 9.59 Å². The minimum absolute atomic E-state index is 0.107. The summed E-state index contributed by atoms with van der Waals surface area (Å²) in [5.74, 6) is 1.18. The lowest BCUT2D eigenvalue weighted by molar-refractivity contribution is -0.118. The van der Waals surface area contributed by atoms with E-state index < -0.39 is 0 Å². The molecule has 1 heterocycles. The van der Waals surface area contributed by atoms with Crippen LogP contribution >= 0.6 is 0 Å². The minimum atomic E-state index is -0.243. The van der Waals surface area contributed by atoms with E-state index in [0.717, 1.165) is 16.8 Å². The number of aryl methyl sites for hydroxylation is 1. The van der Waals surface area contributed by atoms with Crippen LogP contribution in [0.3, 0.4) is 0 Å². The maximum Gasteiger partial charge on any atom is 0.248 e. The monoisotopic (exact) mass is 366 g/mol. The number of anilines is 2. The van der Waals surface area contributed by atoms with Gasteiger partial charge in [0.05, 0.1) is 14.2 Å². The number of methoxy groups -OCH3 is 2. The number of nitrogens with zero attached hydrogens (tertiary/aromatic N) is 1. The molecule has 27 heavy (non-hydrogen) atoms. The van der Waals surface area contributed by atoms with Gasteiger partial charge in [-0.25, -0.2) is 0 Å². The molecule has 6 nitrogen and oxygen atoms in total. The third-order valence-electron chi connectivity index (χ3n) is 4.55. The number of hydrogen-bond acceptors (Lipinski definition) is 4. The van der Waals surface area contributed by atoms with Crippen LogP contribution in [0, 0.1) is 0 Å². The Balaban J connectivity index is 1.71. The Hall–Kier alpha value is -3.28. The van der Waals surface area contributed by atoms with Crippen LogP contribution in [-0.4, -0.2) is 33.1 Å². The van der Waals surface area contributed by atoms with Gasteiger partial charge in [0.1, 0.15) is 11.5 Å². The zero-order valence-corrected chi connectivity index (χ0v) is 15.6. The molecule has 1 aliphatic heterocycles. The highest BCUT2D eigenvalue weighted by molar-refractivity contribution is 6.03. The highest BCUT2D eigenvalue weighted by Crippen LogP contribution is 2.29. The fourth-order valence-electron chi connectivity index (χ4n) is 3.04. The van der Waals surface area contributed by atoms with Gasteiger partial charge < -0.3 is 19.7 Å². The third kappa shape index (κ3) is 4.11. The summed E-state index contributed by atoms with van der Waals surface area (Å²) in [5, 5.41) is 2.85. The van der Waals surface area contributed by atoms with Gasteiger partial charge in [-0.3, -0.25) is 9.59 Å². The summed E-state index contributed by atoms with van der Waals surface area (Å²) in [4.78, 5) is 25.7. The molecule has 0 spiro atoms. The first-order chi connectivity index (χ1) is 13.0. The number of benzene rings is 2. The van der Waals surface area contributed by atoms with Gasteiger partial charge in [-0.15, -0.1) is 0 Å². The maximum absolute atomic E-state index is 12.3. The Morgan fingerprint density at radius 1 is 1.11 bits per heavy atom. The van der Waals surface area contributed by atoms with Gasteiger partial charge in [-0.1, -0.05) is 0 Å². The fourth-order valence-corrected chi connectivity index (χ4v) is 3.04. The van der Waals surface area contributed by atoms with Crippen LogP contribution in [0.25, 0.3) is 6.08 Å². The van der Waals surface area contributed by atoms with Crippen molar-refractivity contribution in [3.8, 4) is 11.5 Å². The summed E-state index contributed by atoms with van der Waals surface area (Å²) < 4.78 is 10.5. The first-order valence-electron chi connectivity index (χ1n) is 8.62. The number of ether oxygens (including phenoxy) is 2. The molecule has 1 aliphatic rings. The smallest absolute Gasteiger partial charge is 0.248 e. The van der Waals surface area contributed by atoms with E-state index in [4.69, 9.17) is 9.47 Å². The third-order valence-corrected chi connectivity index (χ3v) is 4.55. The van der Waals surface area contributed by atoms with Gasteiger partial charge in [-0.05, 0) is 48.4 Å². The standard InChI is InChI=1S/C21H22N2O4/c1-23-18-9-7-16(12-15(18)6-11-21(23)25)22-20(24)10-5-14-4-8-17(26-2)13-19(14)27-3/h4-5,7-10,12-13H,6,11H2,1-3H3,(H,22,24)/b10-5+. The van der Waals surface area contributed by atoms with Crippen LogP contribution in [0.15, 0.2) is 42.5 Å². The predicted octanol–water partition coefficient (Wildman–Crippen LogP) is 3.26. The molecular weight excluding hydrogens is 344 g/mol. The number of amides is 2. The van der Waals surface area contributed by atoms with Crippen LogP contribution in [0.1, 0.15) is 17.5 Å². The van der Waals surface area contributed by atoms with Crippen LogP contribution in [0.5, 0.6) is 11.5 Å². The molecule has 0 aliphatic carbocycles. The van der Waals surface area contributed by atoms with E-state index in [1.54, 1.807) is 50.4 Å². The lowest BCUT2D eigenvalue weighted by Crippen LogP contribution is -2.31. The SMILES string of the molecule is COc1ccc(/C=C/C(=O)Nc2ccc3c(c2)CCC(=O)N3C)c(OC)c1. The number of carbonyl (C=O) groups excluding carboxylic acids is 2. The van der Waals surface area contributed by atoms with Crippen molar-refractivity contribution in [2.75, 3.05) is 31.5 Å². The van der Waals surface area contributed by atoms with E-state index in [1.807, 2.05) is 18.2 Å². The molecule has 6 heteroatoms. The highest BCUT2D eigenvalue weighted by atomic mass is 16.5. The molecule has 0 fully saturated rings. The molecule has 140 valence electrons. The predicted molar refractivity (Wildman–Crippen MR) is 105 cm³/mol. The van der Waals surface area contributed by atoms with E-state index in [2.05, 4.69) is 5.32 Å². The molecule has 0 saturated carbocycles. The van der Waals surface area contributed by atoms with Gasteiger partial charge >= 0.3 is 0 Å². The summed E-state index contributed by atoms with van der Waals surface area (Å²) >= 11 is 0. The first kappa shape index (κ1) is 18.5. The number of nitrogens with one attached hydrogen (secondary N) is 1. The van der Waals surface area contributed by atoms with Crippen molar-refractivity contribution in [3.63, 3.8) is 0 Å². The second-order valence-electron chi connectivity index (χ2n) is 6.23. The number of carbonyl (C=O) groups is 2. The number of hydrogen-bond donors (Lipinski definition) is 1. The van der Waals surface area contributed by atoms with Crippen molar-refractivity contribution < 1.29 is 19.1 Å². The molecule has 0 bridgehead atoms. The second kappa shape index (κ2) is 7.95. The van der Waals surface area contributed by atoms with Crippen LogP contribution < -0.4 is 19.7 Å². The molecule has 1 N–H and O–H groups in total. The van der Waals surface area contributed by atoms with Crippen LogP contribution in [0.4, 0.5) is 11.4 Å². The summed E-state index contributed by atoms with van der Waals surface area (Å²) in [6.45, 7) is 0. The van der Waals surface area contributed by atoms with Gasteiger partial charge in [0, 0.05) is 42.5 Å². The van der Waals surface area contributed by atoms with E-state index >= 15 is 0 Å². The van der Waals surface area contributed by atoms with Crippen LogP contribution in [0.2, 0.25) is 0 Å². The van der Waals surface area contributed by atoms with Crippen molar-refractivity contribution in [2.45, 2.75) is 12.8 Å². The largest absolute Gasteiger partial charge is 0.497 e. The second-order valence-corrected chi connectivity index (χ2v) is 6.23. The molecule has 0 radical (unpaired) electrons. The Labute approximate surface area is 158 Å². The molecule has 0 aromatic heterocycles. The molecule has 0 atom stereocenters.